The highest BCUT2D eigenvalue weighted by Gasteiger charge is 2.18. The number of carbonyl (C=O) groups is 2. The van der Waals surface area contributed by atoms with Crippen molar-refractivity contribution in [3.05, 3.63) is 129 Å². The van der Waals surface area contributed by atoms with Crippen LogP contribution in [0, 0.1) is 13.8 Å². The number of rotatable bonds is 7. The second-order valence-corrected chi connectivity index (χ2v) is 10.5. The third-order valence-electron chi connectivity index (χ3n) is 6.08. The first kappa shape index (κ1) is 26.4. The molecule has 0 aliphatic carbocycles. The van der Waals surface area contributed by atoms with Gasteiger partial charge in [-0.3, -0.25) is 19.0 Å². The van der Waals surface area contributed by atoms with E-state index < -0.39 is 0 Å². The number of ketones is 1. The summed E-state index contributed by atoms with van der Waals surface area (Å²) in [4.78, 5) is 44.5. The minimum atomic E-state index is -0.348. The second-order valence-electron chi connectivity index (χ2n) is 9.12. The van der Waals surface area contributed by atoms with Crippen LogP contribution >= 0.6 is 23.4 Å². The van der Waals surface area contributed by atoms with Gasteiger partial charge in [0.15, 0.2) is 10.9 Å². The van der Waals surface area contributed by atoms with Crippen LogP contribution in [0.1, 0.15) is 27.0 Å². The van der Waals surface area contributed by atoms with Crippen LogP contribution in [0.15, 0.2) is 101 Å². The third-order valence-corrected chi connectivity index (χ3v) is 7.25. The fourth-order valence-electron chi connectivity index (χ4n) is 4.39. The molecule has 0 aliphatic heterocycles. The summed E-state index contributed by atoms with van der Waals surface area (Å²) in [5, 5.41) is 4.12. The molecule has 5 aromatic rings. The van der Waals surface area contributed by atoms with Crippen LogP contribution in [0.5, 0.6) is 0 Å². The summed E-state index contributed by atoms with van der Waals surface area (Å²) in [5.41, 5.74) is 4.20. The Kier molecular flexibility index (Phi) is 7.63. The number of benzene rings is 4. The van der Waals surface area contributed by atoms with Crippen LogP contribution in [0.3, 0.4) is 0 Å². The van der Waals surface area contributed by atoms with Crippen LogP contribution in [0.25, 0.3) is 16.6 Å². The SMILES string of the molecule is Cc1cc(C)cc(-n2c(SCC(=O)Nc3ccc(Cl)cc3C(=O)c3ccccc3)nc3ccccc3c2=O)c1. The normalized spacial score (nSPS) is 10.9. The number of nitrogens with one attached hydrogen (secondary N) is 1. The maximum absolute atomic E-state index is 13.6. The maximum atomic E-state index is 13.6. The summed E-state index contributed by atoms with van der Waals surface area (Å²) in [5.74, 6) is -0.628. The van der Waals surface area contributed by atoms with Gasteiger partial charge in [0.1, 0.15) is 0 Å². The first-order valence-corrected chi connectivity index (χ1v) is 13.6. The smallest absolute Gasteiger partial charge is 0.266 e. The lowest BCUT2D eigenvalue weighted by atomic mass is 10.0. The molecule has 0 bridgehead atoms. The van der Waals surface area contributed by atoms with Crippen LogP contribution in [-0.4, -0.2) is 27.0 Å². The molecule has 0 unspecified atom stereocenters. The number of thioether (sulfide) groups is 1. The number of aromatic nitrogens is 2. The molecule has 0 spiro atoms. The molecule has 1 heterocycles. The third kappa shape index (κ3) is 5.79. The number of amides is 1. The van der Waals surface area contributed by atoms with Crippen molar-refractivity contribution in [3.8, 4) is 5.69 Å². The van der Waals surface area contributed by atoms with E-state index in [9.17, 15) is 14.4 Å². The van der Waals surface area contributed by atoms with Crippen molar-refractivity contribution in [1.29, 1.82) is 0 Å². The summed E-state index contributed by atoms with van der Waals surface area (Å²) < 4.78 is 1.55. The minimum Gasteiger partial charge on any atom is -0.325 e. The number of para-hydroxylation sites is 1. The monoisotopic (exact) mass is 553 g/mol. The Morgan fingerprint density at radius 2 is 1.59 bits per heavy atom. The van der Waals surface area contributed by atoms with Crippen LogP contribution in [-0.2, 0) is 4.79 Å². The molecule has 1 amide bonds. The lowest BCUT2D eigenvalue weighted by molar-refractivity contribution is -0.113. The van der Waals surface area contributed by atoms with Gasteiger partial charge in [-0.05, 0) is 67.4 Å². The molecule has 5 rings (SSSR count). The fourth-order valence-corrected chi connectivity index (χ4v) is 5.38. The van der Waals surface area contributed by atoms with E-state index in [1.165, 1.54) is 0 Å². The molecule has 4 aromatic carbocycles. The zero-order valence-corrected chi connectivity index (χ0v) is 22.8. The average molecular weight is 554 g/mol. The van der Waals surface area contributed by atoms with E-state index in [0.717, 1.165) is 22.9 Å². The summed E-state index contributed by atoms with van der Waals surface area (Å²) in [7, 11) is 0. The summed E-state index contributed by atoms with van der Waals surface area (Å²) in [6.07, 6.45) is 0. The highest BCUT2D eigenvalue weighted by Crippen LogP contribution is 2.26. The second kappa shape index (κ2) is 11.3. The van der Waals surface area contributed by atoms with Gasteiger partial charge in [-0.1, -0.05) is 71.9 Å². The number of nitrogens with zero attached hydrogens (tertiary/aromatic N) is 2. The largest absolute Gasteiger partial charge is 0.325 e. The Bertz CT molecular complexity index is 1760. The number of halogens is 1. The molecule has 8 heteroatoms. The van der Waals surface area contributed by atoms with E-state index in [0.29, 0.717) is 43.6 Å². The van der Waals surface area contributed by atoms with Crippen molar-refractivity contribution in [1.82, 2.24) is 9.55 Å². The molecule has 0 atom stereocenters. The van der Waals surface area contributed by atoms with Gasteiger partial charge in [-0.15, -0.1) is 0 Å². The topological polar surface area (TPSA) is 81.1 Å². The summed E-state index contributed by atoms with van der Waals surface area (Å²) in [6, 6.07) is 26.6. The van der Waals surface area contributed by atoms with Gasteiger partial charge in [0.2, 0.25) is 5.91 Å². The van der Waals surface area contributed by atoms with Gasteiger partial charge in [0, 0.05) is 16.1 Å². The molecule has 194 valence electrons. The fraction of sp³-hybridized carbons (Fsp3) is 0.0968. The van der Waals surface area contributed by atoms with Gasteiger partial charge < -0.3 is 5.32 Å². The van der Waals surface area contributed by atoms with Crippen molar-refractivity contribution in [2.45, 2.75) is 19.0 Å². The Hall–Kier alpha value is -4.20. The zero-order chi connectivity index (χ0) is 27.5. The van der Waals surface area contributed by atoms with Gasteiger partial charge in [-0.25, -0.2) is 4.98 Å². The summed E-state index contributed by atoms with van der Waals surface area (Å²) >= 11 is 7.33. The first-order chi connectivity index (χ1) is 18.8. The first-order valence-electron chi connectivity index (χ1n) is 12.2. The van der Waals surface area contributed by atoms with Gasteiger partial charge in [0.05, 0.1) is 28.0 Å². The number of anilines is 1. The van der Waals surface area contributed by atoms with Crippen LogP contribution in [0.4, 0.5) is 5.69 Å². The Balaban J connectivity index is 1.45. The number of carbonyl (C=O) groups excluding carboxylic acids is 2. The number of fused-ring (bicyclic) bond motifs is 1. The number of hydrogen-bond donors (Lipinski definition) is 1. The standard InChI is InChI=1S/C31H24ClN3O3S/c1-19-14-20(2)16-23(15-19)35-30(38)24-10-6-7-11-26(24)34-31(35)39-18-28(36)33-27-13-12-22(32)17-25(27)29(37)21-8-4-3-5-9-21/h3-17H,18H2,1-2H3,(H,33,36). The van der Waals surface area contributed by atoms with Crippen LogP contribution < -0.4 is 10.9 Å². The highest BCUT2D eigenvalue weighted by molar-refractivity contribution is 7.99. The van der Waals surface area contributed by atoms with Crippen molar-refractivity contribution in [3.63, 3.8) is 0 Å². The maximum Gasteiger partial charge on any atom is 0.266 e. The molecule has 0 radical (unpaired) electrons. The minimum absolute atomic E-state index is 0.0306. The van der Waals surface area contributed by atoms with Crippen LogP contribution in [0.2, 0.25) is 5.02 Å². The molecule has 0 fully saturated rings. The van der Waals surface area contributed by atoms with Crippen molar-refractivity contribution >= 4 is 51.6 Å². The lowest BCUT2D eigenvalue weighted by Gasteiger charge is -2.15. The van der Waals surface area contributed by atoms with E-state index >= 15 is 0 Å². The van der Waals surface area contributed by atoms with Crippen molar-refractivity contribution < 1.29 is 9.59 Å². The Morgan fingerprint density at radius 1 is 0.897 bits per heavy atom. The van der Waals surface area contributed by atoms with Crippen molar-refractivity contribution in [2.75, 3.05) is 11.1 Å². The molecule has 1 aromatic heterocycles. The zero-order valence-electron chi connectivity index (χ0n) is 21.3. The van der Waals surface area contributed by atoms with E-state index in [4.69, 9.17) is 16.6 Å². The van der Waals surface area contributed by atoms with E-state index in [1.807, 2.05) is 44.2 Å². The van der Waals surface area contributed by atoms with Gasteiger partial charge in [-0.2, -0.15) is 0 Å². The van der Waals surface area contributed by atoms with Gasteiger partial charge >= 0.3 is 0 Å². The predicted molar refractivity (Wildman–Crippen MR) is 157 cm³/mol. The van der Waals surface area contributed by atoms with Gasteiger partial charge in [0.25, 0.3) is 5.56 Å². The van der Waals surface area contributed by atoms with E-state index in [2.05, 4.69) is 5.32 Å². The average Bonchev–Trinajstić information content (AvgIpc) is 2.92. The summed E-state index contributed by atoms with van der Waals surface area (Å²) in [6.45, 7) is 3.94. The lowest BCUT2D eigenvalue weighted by Crippen LogP contribution is -2.23. The van der Waals surface area contributed by atoms with E-state index in [-0.39, 0.29) is 23.0 Å². The number of hydrogen-bond acceptors (Lipinski definition) is 5. The molecular weight excluding hydrogens is 530 g/mol. The molecule has 1 N–H and O–H groups in total. The molecular formula is C31H24ClN3O3S. The molecule has 0 saturated heterocycles. The Morgan fingerprint density at radius 3 is 2.33 bits per heavy atom. The number of aryl methyl sites for hydroxylation is 2. The quantitative estimate of drug-likeness (QED) is 0.139. The Labute approximate surface area is 234 Å². The molecule has 6 nitrogen and oxygen atoms in total. The molecule has 0 aliphatic rings. The predicted octanol–water partition coefficient (Wildman–Crippen LogP) is 6.62. The molecule has 0 saturated carbocycles. The highest BCUT2D eigenvalue weighted by atomic mass is 35.5. The van der Waals surface area contributed by atoms with Crippen molar-refractivity contribution in [2.24, 2.45) is 0 Å². The van der Waals surface area contributed by atoms with E-state index in [1.54, 1.807) is 65.2 Å². The molecule has 39 heavy (non-hydrogen) atoms.